The van der Waals surface area contributed by atoms with Gasteiger partial charge in [-0.15, -0.1) is 0 Å². The summed E-state index contributed by atoms with van der Waals surface area (Å²) in [7, 11) is 0. The second-order valence-electron chi connectivity index (χ2n) is 9.40. The molecule has 7 heteroatoms. The lowest BCUT2D eigenvalue weighted by Crippen LogP contribution is -2.48. The number of hydrogen-bond donors (Lipinski definition) is 0. The van der Waals surface area contributed by atoms with Crippen molar-refractivity contribution in [3.63, 3.8) is 0 Å². The average molecular weight is 495 g/mol. The Hall–Kier alpha value is -2.35. The van der Waals surface area contributed by atoms with Crippen molar-refractivity contribution in [1.29, 1.82) is 0 Å². The summed E-state index contributed by atoms with van der Waals surface area (Å²) in [6, 6.07) is 21.0. The molecule has 2 aliphatic heterocycles. The molecule has 2 amide bonds. The first kappa shape index (κ1) is 25.7. The van der Waals surface area contributed by atoms with Gasteiger partial charge in [0.2, 0.25) is 11.8 Å². The molecule has 4 rings (SSSR count). The summed E-state index contributed by atoms with van der Waals surface area (Å²) in [5.41, 5.74) is 2.65. The van der Waals surface area contributed by atoms with Gasteiger partial charge in [-0.1, -0.05) is 60.7 Å². The number of nitrogens with zero attached hydrogens (tertiary/aromatic N) is 4. The Bertz CT molecular complexity index is 836. The van der Waals surface area contributed by atoms with E-state index in [1.807, 2.05) is 21.9 Å². The molecule has 0 radical (unpaired) electrons. The van der Waals surface area contributed by atoms with E-state index < -0.39 is 0 Å². The molecule has 2 saturated heterocycles. The Morgan fingerprint density at radius 3 is 1.31 bits per heavy atom. The van der Waals surface area contributed by atoms with Crippen LogP contribution in [0.4, 0.5) is 0 Å². The fourth-order valence-electron chi connectivity index (χ4n) is 4.73. The van der Waals surface area contributed by atoms with Crippen molar-refractivity contribution < 1.29 is 9.59 Å². The molecule has 2 fully saturated rings. The molecular weight excluding hydrogens is 456 g/mol. The molecule has 0 unspecified atom stereocenters. The average Bonchev–Trinajstić information content (AvgIpc) is 2.90. The van der Waals surface area contributed by atoms with Crippen LogP contribution in [0, 0.1) is 0 Å². The molecule has 0 aromatic heterocycles. The van der Waals surface area contributed by atoms with Gasteiger partial charge >= 0.3 is 0 Å². The summed E-state index contributed by atoms with van der Waals surface area (Å²) in [5, 5.41) is 0. The van der Waals surface area contributed by atoms with Gasteiger partial charge < -0.3 is 9.80 Å². The first-order valence-corrected chi connectivity index (χ1v) is 14.0. The van der Waals surface area contributed by atoms with Crippen LogP contribution in [-0.4, -0.2) is 95.3 Å². The third kappa shape index (κ3) is 8.37. The van der Waals surface area contributed by atoms with E-state index in [1.54, 1.807) is 11.8 Å². The second-order valence-corrected chi connectivity index (χ2v) is 10.6. The van der Waals surface area contributed by atoms with E-state index in [1.165, 1.54) is 11.1 Å². The van der Waals surface area contributed by atoms with Crippen molar-refractivity contribution in [3.8, 4) is 0 Å². The number of thioether (sulfide) groups is 1. The number of rotatable bonds is 10. The van der Waals surface area contributed by atoms with Crippen LogP contribution >= 0.6 is 11.8 Å². The molecule has 188 valence electrons. The van der Waals surface area contributed by atoms with Gasteiger partial charge in [0.1, 0.15) is 0 Å². The fourth-order valence-corrected chi connectivity index (χ4v) is 5.57. The standard InChI is InChI=1S/C28H38N4O2S/c33-27(31-17-13-29(14-18-31)23-25-7-3-1-4-8-25)11-21-35-22-12-28(34)32-19-15-30(16-20-32)24-26-9-5-2-6-10-26/h1-10H,11-24H2. The minimum Gasteiger partial charge on any atom is -0.340 e. The highest BCUT2D eigenvalue weighted by atomic mass is 32.2. The summed E-state index contributed by atoms with van der Waals surface area (Å²) in [6.07, 6.45) is 1.13. The van der Waals surface area contributed by atoms with Crippen LogP contribution in [0.3, 0.4) is 0 Å². The van der Waals surface area contributed by atoms with E-state index in [9.17, 15) is 9.59 Å². The van der Waals surface area contributed by atoms with Crippen LogP contribution in [-0.2, 0) is 22.7 Å². The van der Waals surface area contributed by atoms with Gasteiger partial charge in [0.05, 0.1) is 0 Å². The number of benzene rings is 2. The van der Waals surface area contributed by atoms with Gasteiger partial charge in [-0.05, 0) is 11.1 Å². The predicted molar refractivity (Wildman–Crippen MR) is 143 cm³/mol. The molecule has 2 aromatic carbocycles. The van der Waals surface area contributed by atoms with Crippen LogP contribution in [0.5, 0.6) is 0 Å². The van der Waals surface area contributed by atoms with E-state index >= 15 is 0 Å². The first-order chi connectivity index (χ1) is 17.2. The molecule has 0 spiro atoms. The van der Waals surface area contributed by atoms with Crippen molar-refractivity contribution in [1.82, 2.24) is 19.6 Å². The molecular formula is C28H38N4O2S. The Labute approximate surface area is 214 Å². The Morgan fingerprint density at radius 2 is 0.943 bits per heavy atom. The van der Waals surface area contributed by atoms with Gasteiger partial charge in [0, 0.05) is 89.8 Å². The number of amides is 2. The molecule has 0 atom stereocenters. The lowest BCUT2D eigenvalue weighted by Gasteiger charge is -2.35. The molecule has 2 heterocycles. The summed E-state index contributed by atoms with van der Waals surface area (Å²) in [6.45, 7) is 8.87. The van der Waals surface area contributed by atoms with Crippen molar-refractivity contribution in [3.05, 3.63) is 71.8 Å². The van der Waals surface area contributed by atoms with Crippen LogP contribution < -0.4 is 0 Å². The largest absolute Gasteiger partial charge is 0.340 e. The highest BCUT2D eigenvalue weighted by molar-refractivity contribution is 7.99. The van der Waals surface area contributed by atoms with Crippen molar-refractivity contribution in [2.24, 2.45) is 0 Å². The molecule has 0 bridgehead atoms. The molecule has 0 saturated carbocycles. The van der Waals surface area contributed by atoms with E-state index in [0.29, 0.717) is 12.8 Å². The third-order valence-corrected chi connectivity index (χ3v) is 7.85. The van der Waals surface area contributed by atoms with Gasteiger partial charge in [-0.25, -0.2) is 0 Å². The zero-order chi connectivity index (χ0) is 24.3. The van der Waals surface area contributed by atoms with Crippen LogP contribution in [0.1, 0.15) is 24.0 Å². The zero-order valence-corrected chi connectivity index (χ0v) is 21.5. The van der Waals surface area contributed by atoms with E-state index in [2.05, 4.69) is 58.3 Å². The van der Waals surface area contributed by atoms with Crippen LogP contribution in [0.2, 0.25) is 0 Å². The maximum Gasteiger partial charge on any atom is 0.223 e. The lowest BCUT2D eigenvalue weighted by atomic mass is 10.2. The molecule has 2 aliphatic rings. The summed E-state index contributed by atoms with van der Waals surface area (Å²) < 4.78 is 0. The Kier molecular flexibility index (Phi) is 10.0. The van der Waals surface area contributed by atoms with E-state index in [-0.39, 0.29) is 11.8 Å². The van der Waals surface area contributed by atoms with Gasteiger partial charge in [0.15, 0.2) is 0 Å². The Morgan fingerprint density at radius 1 is 0.571 bits per heavy atom. The SMILES string of the molecule is O=C(CCSCCC(=O)N1CCN(Cc2ccccc2)CC1)N1CCN(Cc2ccccc2)CC1. The molecule has 0 N–H and O–H groups in total. The number of hydrogen-bond acceptors (Lipinski definition) is 5. The molecule has 6 nitrogen and oxygen atoms in total. The smallest absolute Gasteiger partial charge is 0.223 e. The minimum absolute atomic E-state index is 0.248. The van der Waals surface area contributed by atoms with Gasteiger partial charge in [-0.2, -0.15) is 11.8 Å². The maximum absolute atomic E-state index is 12.6. The summed E-state index contributed by atoms with van der Waals surface area (Å²) >= 11 is 1.73. The van der Waals surface area contributed by atoms with Crippen molar-refractivity contribution in [2.75, 3.05) is 63.9 Å². The van der Waals surface area contributed by atoms with Crippen LogP contribution in [0.25, 0.3) is 0 Å². The molecule has 35 heavy (non-hydrogen) atoms. The fraction of sp³-hybridized carbons (Fsp3) is 0.500. The minimum atomic E-state index is 0.248. The van der Waals surface area contributed by atoms with Crippen molar-refractivity contribution in [2.45, 2.75) is 25.9 Å². The summed E-state index contributed by atoms with van der Waals surface area (Å²) in [5.74, 6) is 2.08. The number of piperazine rings is 2. The number of carbonyl (C=O) groups excluding carboxylic acids is 2. The maximum atomic E-state index is 12.6. The topological polar surface area (TPSA) is 47.1 Å². The highest BCUT2D eigenvalue weighted by Crippen LogP contribution is 2.13. The van der Waals surface area contributed by atoms with Crippen molar-refractivity contribution >= 4 is 23.6 Å². The van der Waals surface area contributed by atoms with Crippen LogP contribution in [0.15, 0.2) is 60.7 Å². The first-order valence-electron chi connectivity index (χ1n) is 12.8. The molecule has 2 aromatic rings. The van der Waals surface area contributed by atoms with Gasteiger partial charge in [-0.3, -0.25) is 19.4 Å². The lowest BCUT2D eigenvalue weighted by molar-refractivity contribution is -0.133. The van der Waals surface area contributed by atoms with Gasteiger partial charge in [0.25, 0.3) is 0 Å². The van der Waals surface area contributed by atoms with E-state index in [4.69, 9.17) is 0 Å². The van der Waals surface area contributed by atoms with E-state index in [0.717, 1.165) is 77.0 Å². The normalized spacial score (nSPS) is 17.5. The Balaban J connectivity index is 1.04. The zero-order valence-electron chi connectivity index (χ0n) is 20.7. The third-order valence-electron chi connectivity index (χ3n) is 6.87. The predicted octanol–water partition coefficient (Wildman–Crippen LogP) is 3.19. The molecule has 0 aliphatic carbocycles. The monoisotopic (exact) mass is 494 g/mol. The summed E-state index contributed by atoms with van der Waals surface area (Å²) in [4.78, 5) is 34.0. The second kappa shape index (κ2) is 13.7. The quantitative estimate of drug-likeness (QED) is 0.475. The number of carbonyl (C=O) groups is 2. The highest BCUT2D eigenvalue weighted by Gasteiger charge is 2.22.